The van der Waals surface area contributed by atoms with Crippen molar-refractivity contribution in [3.63, 3.8) is 0 Å². The van der Waals surface area contributed by atoms with Crippen molar-refractivity contribution in [2.45, 2.75) is 0 Å². The van der Waals surface area contributed by atoms with Crippen LogP contribution in [-0.4, -0.2) is 26.8 Å². The largest absolute Gasteiger partial charge is 0.332 e. The molecule has 0 aliphatic rings. The summed E-state index contributed by atoms with van der Waals surface area (Å²) in [6.45, 7) is 0. The van der Waals surface area contributed by atoms with E-state index in [1.54, 1.807) is 18.2 Å². The van der Waals surface area contributed by atoms with Crippen LogP contribution >= 0.6 is 12.2 Å². The Kier molecular flexibility index (Phi) is 4.99. The number of para-hydroxylation sites is 1. The number of nitrogens with zero attached hydrogens (tertiary/aromatic N) is 1. The number of hydrogen-bond donors (Lipinski definition) is 2. The maximum atomic E-state index is 11.6. The van der Waals surface area contributed by atoms with Crippen LogP contribution in [0.3, 0.4) is 0 Å². The molecule has 2 aromatic rings. The lowest BCUT2D eigenvalue weighted by Gasteiger charge is -2.18. The van der Waals surface area contributed by atoms with Crippen LogP contribution in [-0.2, 0) is 10.0 Å². The SMILES string of the molecule is CN(c1cccc(NC(=S)Nc2ccccc2)c1)S(C)(=O)=O. The highest BCUT2D eigenvalue weighted by Crippen LogP contribution is 2.20. The lowest BCUT2D eigenvalue weighted by molar-refractivity contribution is 0.600. The summed E-state index contributed by atoms with van der Waals surface area (Å²) in [4.78, 5) is 0. The third-order valence-corrected chi connectivity index (χ3v) is 4.41. The van der Waals surface area contributed by atoms with Crippen molar-refractivity contribution in [1.82, 2.24) is 0 Å². The summed E-state index contributed by atoms with van der Waals surface area (Å²) in [5.41, 5.74) is 2.15. The molecule has 0 amide bonds. The normalized spacial score (nSPS) is 10.8. The third kappa shape index (κ3) is 4.44. The summed E-state index contributed by atoms with van der Waals surface area (Å²) in [5.74, 6) is 0. The predicted octanol–water partition coefficient (Wildman–Crippen LogP) is 2.89. The quantitative estimate of drug-likeness (QED) is 0.841. The van der Waals surface area contributed by atoms with Crippen LogP contribution in [0.1, 0.15) is 0 Å². The van der Waals surface area contributed by atoms with Gasteiger partial charge in [0, 0.05) is 18.4 Å². The molecule has 0 radical (unpaired) electrons. The van der Waals surface area contributed by atoms with Gasteiger partial charge in [0.1, 0.15) is 0 Å². The number of thiocarbonyl (C=S) groups is 1. The maximum absolute atomic E-state index is 11.6. The predicted molar refractivity (Wildman–Crippen MR) is 96.0 cm³/mol. The van der Waals surface area contributed by atoms with E-state index in [2.05, 4.69) is 10.6 Å². The molecule has 0 aliphatic carbocycles. The number of anilines is 3. The molecular formula is C15H17N3O2S2. The molecule has 2 rings (SSSR count). The Balaban J connectivity index is 2.09. The van der Waals surface area contributed by atoms with Gasteiger partial charge in [-0.15, -0.1) is 0 Å². The van der Waals surface area contributed by atoms with Gasteiger partial charge >= 0.3 is 0 Å². The highest BCUT2D eigenvalue weighted by atomic mass is 32.2. The first-order valence-electron chi connectivity index (χ1n) is 6.53. The van der Waals surface area contributed by atoms with Gasteiger partial charge in [-0.2, -0.15) is 0 Å². The van der Waals surface area contributed by atoms with Crippen LogP contribution in [0, 0.1) is 0 Å². The summed E-state index contributed by atoms with van der Waals surface area (Å²) in [6, 6.07) is 16.6. The van der Waals surface area contributed by atoms with E-state index in [1.807, 2.05) is 36.4 Å². The van der Waals surface area contributed by atoms with E-state index in [0.29, 0.717) is 16.5 Å². The number of benzene rings is 2. The summed E-state index contributed by atoms with van der Waals surface area (Å²) in [5, 5.41) is 6.53. The Morgan fingerprint density at radius 3 is 2.23 bits per heavy atom. The molecule has 0 saturated carbocycles. The van der Waals surface area contributed by atoms with Crippen LogP contribution in [0.4, 0.5) is 17.1 Å². The summed E-state index contributed by atoms with van der Waals surface area (Å²) in [7, 11) is -1.78. The zero-order valence-electron chi connectivity index (χ0n) is 12.3. The molecule has 2 N–H and O–H groups in total. The molecular weight excluding hydrogens is 318 g/mol. The van der Waals surface area contributed by atoms with Gasteiger partial charge in [0.05, 0.1) is 11.9 Å². The molecule has 0 unspecified atom stereocenters. The van der Waals surface area contributed by atoms with Gasteiger partial charge in [-0.25, -0.2) is 8.42 Å². The minimum absolute atomic E-state index is 0.436. The Labute approximate surface area is 136 Å². The molecule has 116 valence electrons. The number of hydrogen-bond acceptors (Lipinski definition) is 3. The van der Waals surface area contributed by atoms with E-state index in [1.165, 1.54) is 11.4 Å². The van der Waals surface area contributed by atoms with Crippen molar-refractivity contribution in [3.05, 3.63) is 54.6 Å². The molecule has 0 heterocycles. The molecule has 0 aromatic heterocycles. The molecule has 5 nitrogen and oxygen atoms in total. The van der Waals surface area contributed by atoms with E-state index in [0.717, 1.165) is 11.9 Å². The Morgan fingerprint density at radius 2 is 1.59 bits per heavy atom. The summed E-state index contributed by atoms with van der Waals surface area (Å²) < 4.78 is 24.4. The summed E-state index contributed by atoms with van der Waals surface area (Å²) >= 11 is 5.25. The highest BCUT2D eigenvalue weighted by Gasteiger charge is 2.12. The van der Waals surface area contributed by atoms with Crippen LogP contribution in [0.15, 0.2) is 54.6 Å². The standard InChI is InChI=1S/C15H17N3O2S2/c1-18(22(2,19)20)14-10-6-9-13(11-14)17-15(21)16-12-7-4-3-5-8-12/h3-11H,1-2H3,(H2,16,17,21). The molecule has 2 aromatic carbocycles. The zero-order valence-corrected chi connectivity index (χ0v) is 13.9. The molecule has 0 saturated heterocycles. The molecule has 0 atom stereocenters. The van der Waals surface area contributed by atoms with Gasteiger partial charge in [-0.3, -0.25) is 4.31 Å². The third-order valence-electron chi connectivity index (χ3n) is 3.00. The van der Waals surface area contributed by atoms with E-state index < -0.39 is 10.0 Å². The van der Waals surface area contributed by atoms with Crippen LogP contribution in [0.5, 0.6) is 0 Å². The number of sulfonamides is 1. The smallest absolute Gasteiger partial charge is 0.231 e. The van der Waals surface area contributed by atoms with Gasteiger partial charge in [0.2, 0.25) is 10.0 Å². The first-order valence-corrected chi connectivity index (χ1v) is 8.79. The van der Waals surface area contributed by atoms with Crippen molar-refractivity contribution < 1.29 is 8.42 Å². The van der Waals surface area contributed by atoms with E-state index >= 15 is 0 Å². The summed E-state index contributed by atoms with van der Waals surface area (Å²) in [6.07, 6.45) is 1.16. The number of nitrogens with one attached hydrogen (secondary N) is 2. The second-order valence-corrected chi connectivity index (χ2v) is 7.15. The van der Waals surface area contributed by atoms with Crippen molar-refractivity contribution in [2.24, 2.45) is 0 Å². The highest BCUT2D eigenvalue weighted by molar-refractivity contribution is 7.92. The van der Waals surface area contributed by atoms with Crippen LogP contribution in [0.25, 0.3) is 0 Å². The topological polar surface area (TPSA) is 61.4 Å². The second kappa shape index (κ2) is 6.76. The maximum Gasteiger partial charge on any atom is 0.231 e. The Morgan fingerprint density at radius 1 is 1.00 bits per heavy atom. The Hall–Kier alpha value is -2.12. The van der Waals surface area contributed by atoms with Crippen molar-refractivity contribution in [1.29, 1.82) is 0 Å². The lowest BCUT2D eigenvalue weighted by Crippen LogP contribution is -2.25. The monoisotopic (exact) mass is 335 g/mol. The van der Waals surface area contributed by atoms with E-state index in [4.69, 9.17) is 12.2 Å². The Bertz CT molecular complexity index is 761. The minimum Gasteiger partial charge on any atom is -0.332 e. The zero-order chi connectivity index (χ0) is 16.2. The molecule has 0 aliphatic heterocycles. The molecule has 0 spiro atoms. The van der Waals surface area contributed by atoms with Crippen LogP contribution < -0.4 is 14.9 Å². The van der Waals surface area contributed by atoms with Gasteiger partial charge in [0.25, 0.3) is 0 Å². The first kappa shape index (κ1) is 16.3. The van der Waals surface area contributed by atoms with Gasteiger partial charge in [-0.1, -0.05) is 24.3 Å². The van der Waals surface area contributed by atoms with Gasteiger partial charge in [-0.05, 0) is 42.5 Å². The van der Waals surface area contributed by atoms with Gasteiger partial charge in [0.15, 0.2) is 5.11 Å². The fourth-order valence-corrected chi connectivity index (χ4v) is 2.52. The molecule has 7 heteroatoms. The molecule has 0 bridgehead atoms. The van der Waals surface area contributed by atoms with E-state index in [9.17, 15) is 8.42 Å². The van der Waals surface area contributed by atoms with Crippen LogP contribution in [0.2, 0.25) is 0 Å². The average molecular weight is 335 g/mol. The molecule has 22 heavy (non-hydrogen) atoms. The van der Waals surface area contributed by atoms with E-state index in [-0.39, 0.29) is 0 Å². The van der Waals surface area contributed by atoms with Gasteiger partial charge < -0.3 is 10.6 Å². The first-order chi connectivity index (χ1) is 10.4. The fourth-order valence-electron chi connectivity index (χ4n) is 1.79. The average Bonchev–Trinajstić information content (AvgIpc) is 2.46. The fraction of sp³-hybridized carbons (Fsp3) is 0.133. The van der Waals surface area contributed by atoms with Crippen molar-refractivity contribution in [2.75, 3.05) is 28.2 Å². The minimum atomic E-state index is -3.29. The lowest BCUT2D eigenvalue weighted by atomic mass is 10.3. The second-order valence-electron chi connectivity index (χ2n) is 4.73. The van der Waals surface area contributed by atoms with Crippen molar-refractivity contribution >= 4 is 44.4 Å². The number of rotatable bonds is 4. The van der Waals surface area contributed by atoms with Crippen molar-refractivity contribution in [3.8, 4) is 0 Å². The molecule has 0 fully saturated rings.